The number of hydrogen-bond donors (Lipinski definition) is 0. The quantitative estimate of drug-likeness (QED) is 0.192. The summed E-state index contributed by atoms with van der Waals surface area (Å²) >= 11 is 0. The highest BCUT2D eigenvalue weighted by Crippen LogP contribution is 2.42. The Kier molecular flexibility index (Phi) is 5.63. The Morgan fingerprint density at radius 2 is 0.840 bits per heavy atom. The maximum absolute atomic E-state index is 6.56. The maximum Gasteiger partial charge on any atom is 0.143 e. The molecule has 0 N–H and O–H groups in total. The van der Waals surface area contributed by atoms with Crippen LogP contribution in [0.2, 0.25) is 0 Å². The van der Waals surface area contributed by atoms with Gasteiger partial charge in [-0.25, -0.2) is 0 Å². The van der Waals surface area contributed by atoms with Crippen molar-refractivity contribution < 1.29 is 13.3 Å². The van der Waals surface area contributed by atoms with E-state index in [0.29, 0.717) is 0 Å². The maximum atomic E-state index is 6.56. The molecule has 0 saturated heterocycles. The fourth-order valence-electron chi connectivity index (χ4n) is 7.66. The number of rotatable bonds is 4. The fraction of sp³-hybridized carbons (Fsp3) is 0. The average Bonchev–Trinajstić information content (AvgIpc) is 3.84. The molecule has 0 aliphatic rings. The molecule has 3 aromatic heterocycles. The Balaban J connectivity index is 1.06. The van der Waals surface area contributed by atoms with Gasteiger partial charge < -0.3 is 18.2 Å². The molecule has 0 fully saturated rings. The van der Waals surface area contributed by atoms with Crippen LogP contribution in [0.15, 0.2) is 177 Å². The molecule has 0 amide bonds. The van der Waals surface area contributed by atoms with Gasteiger partial charge in [0.25, 0.3) is 0 Å². The van der Waals surface area contributed by atoms with E-state index in [1.165, 1.54) is 10.8 Å². The van der Waals surface area contributed by atoms with Gasteiger partial charge in [0.15, 0.2) is 0 Å². The summed E-state index contributed by atoms with van der Waals surface area (Å²) in [4.78, 5) is 2.26. The van der Waals surface area contributed by atoms with E-state index < -0.39 is 0 Å². The van der Waals surface area contributed by atoms with Crippen LogP contribution in [0.1, 0.15) is 0 Å². The van der Waals surface area contributed by atoms with E-state index in [-0.39, 0.29) is 0 Å². The summed E-state index contributed by atoms with van der Waals surface area (Å²) in [6.45, 7) is 0. The summed E-state index contributed by atoms with van der Waals surface area (Å²) in [5.41, 5.74) is 10.4. The van der Waals surface area contributed by atoms with Crippen LogP contribution in [0.3, 0.4) is 0 Å². The normalized spacial score (nSPS) is 12.0. The third kappa shape index (κ3) is 4.06. The highest BCUT2D eigenvalue weighted by atomic mass is 16.3. The fourth-order valence-corrected chi connectivity index (χ4v) is 7.66. The van der Waals surface area contributed by atoms with Gasteiger partial charge in [0.05, 0.1) is 0 Å². The average molecular weight is 642 g/mol. The van der Waals surface area contributed by atoms with Gasteiger partial charge in [0.2, 0.25) is 0 Å². The lowest BCUT2D eigenvalue weighted by molar-refractivity contribution is 0.669. The lowest BCUT2D eigenvalue weighted by atomic mass is 10.0. The van der Waals surface area contributed by atoms with Crippen molar-refractivity contribution in [2.45, 2.75) is 0 Å². The Morgan fingerprint density at radius 3 is 1.50 bits per heavy atom. The SMILES string of the molecule is c1ccc2cc3c(cc2c1)oc1c(-c2ccc(N(c4ccc5c(c4)oc4ccccc45)c4ccc5c(c4)oc4ccccc45)cc2)cccc13. The van der Waals surface area contributed by atoms with Gasteiger partial charge in [-0.1, -0.05) is 91.0 Å². The summed E-state index contributed by atoms with van der Waals surface area (Å²) in [5, 5.41) is 9.05. The van der Waals surface area contributed by atoms with Gasteiger partial charge in [-0.3, -0.25) is 0 Å². The van der Waals surface area contributed by atoms with Crippen molar-refractivity contribution >= 4 is 93.7 Å². The lowest BCUT2D eigenvalue weighted by Crippen LogP contribution is -2.09. The van der Waals surface area contributed by atoms with Crippen LogP contribution in [0.4, 0.5) is 17.1 Å². The molecule has 234 valence electrons. The molecule has 0 atom stereocenters. The van der Waals surface area contributed by atoms with Crippen molar-refractivity contribution in [3.8, 4) is 11.1 Å². The second-order valence-corrected chi connectivity index (χ2v) is 12.9. The topological polar surface area (TPSA) is 42.7 Å². The standard InChI is InChI=1S/C46H27NO3/c1-2-9-30-25-43-40(24-29(30)8-1)39-13-7-12-34(46(39)50-43)28-16-18-31(19-17-28)47(32-20-22-37-35-10-3-5-14-41(35)48-44(37)26-32)33-21-23-38-36-11-4-6-15-42(36)49-45(38)27-33/h1-27H. The summed E-state index contributed by atoms with van der Waals surface area (Å²) < 4.78 is 19.2. The molecule has 0 spiro atoms. The Morgan fingerprint density at radius 1 is 0.320 bits per heavy atom. The molecular weight excluding hydrogens is 615 g/mol. The molecule has 8 aromatic carbocycles. The molecule has 0 bridgehead atoms. The van der Waals surface area contributed by atoms with E-state index in [1.54, 1.807) is 0 Å². The van der Waals surface area contributed by atoms with E-state index in [2.05, 4.69) is 144 Å². The van der Waals surface area contributed by atoms with E-state index in [9.17, 15) is 0 Å². The minimum atomic E-state index is 0.847. The summed E-state index contributed by atoms with van der Waals surface area (Å²) in [7, 11) is 0. The second-order valence-electron chi connectivity index (χ2n) is 12.9. The third-order valence-corrected chi connectivity index (χ3v) is 10.0. The first-order valence-corrected chi connectivity index (χ1v) is 16.8. The van der Waals surface area contributed by atoms with Crippen LogP contribution in [0.25, 0.3) is 87.7 Å². The zero-order valence-corrected chi connectivity index (χ0v) is 26.8. The molecule has 0 aliphatic carbocycles. The van der Waals surface area contributed by atoms with E-state index in [4.69, 9.17) is 13.3 Å². The van der Waals surface area contributed by atoms with Crippen LogP contribution >= 0.6 is 0 Å². The number of furan rings is 3. The molecular formula is C46H27NO3. The van der Waals surface area contributed by atoms with Gasteiger partial charge in [0, 0.05) is 67.1 Å². The first-order valence-electron chi connectivity index (χ1n) is 16.8. The molecule has 11 rings (SSSR count). The molecule has 3 heterocycles. The van der Waals surface area contributed by atoms with Crippen LogP contribution < -0.4 is 4.90 Å². The smallest absolute Gasteiger partial charge is 0.143 e. The molecule has 0 aliphatic heterocycles. The van der Waals surface area contributed by atoms with Crippen molar-refractivity contribution in [3.63, 3.8) is 0 Å². The largest absolute Gasteiger partial charge is 0.456 e. The molecule has 0 unspecified atom stereocenters. The van der Waals surface area contributed by atoms with Crippen LogP contribution in [-0.4, -0.2) is 0 Å². The molecule has 11 aromatic rings. The minimum Gasteiger partial charge on any atom is -0.456 e. The summed E-state index contributed by atoms with van der Waals surface area (Å²) in [5.74, 6) is 0. The van der Waals surface area contributed by atoms with Crippen molar-refractivity contribution in [1.29, 1.82) is 0 Å². The number of anilines is 3. The van der Waals surface area contributed by atoms with E-state index in [0.717, 1.165) is 94.0 Å². The van der Waals surface area contributed by atoms with Crippen molar-refractivity contribution in [3.05, 3.63) is 164 Å². The van der Waals surface area contributed by atoms with Crippen molar-refractivity contribution in [2.75, 3.05) is 4.90 Å². The minimum absolute atomic E-state index is 0.847. The lowest BCUT2D eigenvalue weighted by Gasteiger charge is -2.25. The Hall–Kier alpha value is -6.78. The third-order valence-electron chi connectivity index (χ3n) is 10.0. The van der Waals surface area contributed by atoms with E-state index in [1.807, 2.05) is 24.3 Å². The van der Waals surface area contributed by atoms with Crippen molar-refractivity contribution in [2.24, 2.45) is 0 Å². The molecule has 4 nitrogen and oxygen atoms in total. The molecule has 0 saturated carbocycles. The number of para-hydroxylation sites is 3. The Labute approximate surface area is 286 Å². The van der Waals surface area contributed by atoms with E-state index >= 15 is 0 Å². The van der Waals surface area contributed by atoms with Crippen LogP contribution in [0.5, 0.6) is 0 Å². The molecule has 50 heavy (non-hydrogen) atoms. The predicted octanol–water partition coefficient (Wildman–Crippen LogP) is 13.7. The first kappa shape index (κ1) is 27.2. The monoisotopic (exact) mass is 641 g/mol. The number of hydrogen-bond acceptors (Lipinski definition) is 4. The van der Waals surface area contributed by atoms with Crippen LogP contribution in [0, 0.1) is 0 Å². The summed E-state index contributed by atoms with van der Waals surface area (Å²) in [6.07, 6.45) is 0. The Bertz CT molecular complexity index is 2990. The van der Waals surface area contributed by atoms with Crippen molar-refractivity contribution in [1.82, 2.24) is 0 Å². The highest BCUT2D eigenvalue weighted by molar-refractivity contribution is 6.13. The summed E-state index contributed by atoms with van der Waals surface area (Å²) in [6, 6.07) is 57.2. The van der Waals surface area contributed by atoms with Gasteiger partial charge in [-0.05, 0) is 77.0 Å². The first-order chi connectivity index (χ1) is 24.7. The number of nitrogens with zero attached hydrogens (tertiary/aromatic N) is 1. The van der Waals surface area contributed by atoms with Gasteiger partial charge in [-0.15, -0.1) is 0 Å². The molecule has 0 radical (unpaired) electrons. The second kappa shape index (κ2) is 10.4. The van der Waals surface area contributed by atoms with Gasteiger partial charge in [-0.2, -0.15) is 0 Å². The number of benzene rings is 8. The number of fused-ring (bicyclic) bond motifs is 10. The molecule has 4 heteroatoms. The zero-order valence-electron chi connectivity index (χ0n) is 26.8. The van der Waals surface area contributed by atoms with Crippen LogP contribution in [-0.2, 0) is 0 Å². The predicted molar refractivity (Wildman–Crippen MR) is 206 cm³/mol. The highest BCUT2D eigenvalue weighted by Gasteiger charge is 2.19. The zero-order chi connectivity index (χ0) is 32.8. The van der Waals surface area contributed by atoms with Gasteiger partial charge >= 0.3 is 0 Å². The van der Waals surface area contributed by atoms with Gasteiger partial charge in [0.1, 0.15) is 33.5 Å².